The van der Waals surface area contributed by atoms with Crippen LogP contribution in [0.15, 0.2) is 16.0 Å². The predicted octanol–water partition coefficient (Wildman–Crippen LogP) is 1.67. The zero-order valence-corrected chi connectivity index (χ0v) is 14.8. The Hall–Kier alpha value is -2.33. The summed E-state index contributed by atoms with van der Waals surface area (Å²) in [4.78, 5) is 42.2. The summed E-state index contributed by atoms with van der Waals surface area (Å²) < 4.78 is 4.74. The highest BCUT2D eigenvalue weighted by atomic mass is 32.2. The van der Waals surface area contributed by atoms with Crippen LogP contribution < -0.4 is 10.9 Å². The average molecular weight is 369 g/mol. The number of aromatic hydroxyl groups is 1. The highest BCUT2D eigenvalue weighted by Gasteiger charge is 2.21. The van der Waals surface area contributed by atoms with Gasteiger partial charge >= 0.3 is 5.97 Å². The zero-order valence-electron chi connectivity index (χ0n) is 13.1. The number of anilines is 1. The van der Waals surface area contributed by atoms with Gasteiger partial charge in [0.1, 0.15) is 5.00 Å². The number of aromatic nitrogens is 2. The number of nitrogens with one attached hydrogen (secondary N) is 2. The SMILES string of the molecule is COC(=O)c1c(NC(=O)CSc2nc(O)cc(=O)[nH]2)sc(C)c1C. The largest absolute Gasteiger partial charge is 0.493 e. The summed E-state index contributed by atoms with van der Waals surface area (Å²) in [5, 5.41) is 12.5. The maximum atomic E-state index is 12.1. The smallest absolute Gasteiger partial charge is 0.341 e. The third kappa shape index (κ3) is 4.15. The number of aryl methyl sites for hydroxylation is 1. The van der Waals surface area contributed by atoms with E-state index in [4.69, 9.17) is 4.74 Å². The standard InChI is InChI=1S/C14H15N3O5S2/c1-6-7(2)24-12(11(6)13(21)22-3)15-10(20)5-23-14-16-8(18)4-9(19)17-14/h4H,5H2,1-3H3,(H,15,20)(H2,16,17,18,19). The lowest BCUT2D eigenvalue weighted by Gasteiger charge is -2.06. The van der Waals surface area contributed by atoms with E-state index in [2.05, 4.69) is 15.3 Å². The summed E-state index contributed by atoms with van der Waals surface area (Å²) in [7, 11) is 1.28. The molecular weight excluding hydrogens is 354 g/mol. The summed E-state index contributed by atoms with van der Waals surface area (Å²) in [6, 6.07) is 0.934. The van der Waals surface area contributed by atoms with Crippen LogP contribution in [0.3, 0.4) is 0 Å². The minimum atomic E-state index is -0.515. The fourth-order valence-corrected chi connectivity index (χ4v) is 3.59. The molecule has 0 aliphatic heterocycles. The van der Waals surface area contributed by atoms with Gasteiger partial charge in [-0.3, -0.25) is 9.59 Å². The molecular formula is C14H15N3O5S2. The molecule has 0 radical (unpaired) electrons. The number of ether oxygens (including phenoxy) is 1. The molecule has 2 aromatic heterocycles. The molecule has 0 bridgehead atoms. The molecule has 1 amide bonds. The number of hydrogen-bond acceptors (Lipinski definition) is 8. The van der Waals surface area contributed by atoms with Crippen molar-refractivity contribution in [3.8, 4) is 5.88 Å². The van der Waals surface area contributed by atoms with Crippen molar-refractivity contribution in [3.63, 3.8) is 0 Å². The Balaban J connectivity index is 2.09. The first-order valence-electron chi connectivity index (χ1n) is 6.73. The number of carbonyl (C=O) groups excluding carboxylic acids is 2. The lowest BCUT2D eigenvalue weighted by molar-refractivity contribution is -0.113. The van der Waals surface area contributed by atoms with Crippen LogP contribution in [0.4, 0.5) is 5.00 Å². The van der Waals surface area contributed by atoms with E-state index in [-0.39, 0.29) is 16.8 Å². The maximum absolute atomic E-state index is 12.1. The van der Waals surface area contributed by atoms with Crippen molar-refractivity contribution in [2.75, 3.05) is 18.2 Å². The molecule has 128 valence electrons. The van der Waals surface area contributed by atoms with E-state index in [0.717, 1.165) is 28.3 Å². The monoisotopic (exact) mass is 369 g/mol. The number of esters is 1. The van der Waals surface area contributed by atoms with Gasteiger partial charge in [0.05, 0.1) is 24.5 Å². The summed E-state index contributed by atoms with van der Waals surface area (Å²) in [6.07, 6.45) is 0. The fraction of sp³-hybridized carbons (Fsp3) is 0.286. The minimum absolute atomic E-state index is 0.0526. The van der Waals surface area contributed by atoms with Crippen molar-refractivity contribution in [1.29, 1.82) is 0 Å². The van der Waals surface area contributed by atoms with Crippen molar-refractivity contribution >= 4 is 40.0 Å². The molecule has 8 nitrogen and oxygen atoms in total. The Labute approximate surface area is 145 Å². The van der Waals surface area contributed by atoms with Crippen molar-refractivity contribution < 1.29 is 19.4 Å². The fourth-order valence-electron chi connectivity index (χ4n) is 1.85. The number of carbonyl (C=O) groups is 2. The Morgan fingerprint density at radius 3 is 2.79 bits per heavy atom. The number of nitrogens with zero attached hydrogens (tertiary/aromatic N) is 1. The normalized spacial score (nSPS) is 10.5. The quantitative estimate of drug-likeness (QED) is 0.416. The summed E-state index contributed by atoms with van der Waals surface area (Å²) >= 11 is 2.24. The molecule has 24 heavy (non-hydrogen) atoms. The van der Waals surface area contributed by atoms with E-state index < -0.39 is 17.4 Å². The van der Waals surface area contributed by atoms with E-state index >= 15 is 0 Å². The van der Waals surface area contributed by atoms with Gasteiger partial charge in [0, 0.05) is 4.88 Å². The van der Waals surface area contributed by atoms with Gasteiger partial charge in [-0.2, -0.15) is 4.98 Å². The molecule has 0 atom stereocenters. The highest BCUT2D eigenvalue weighted by Crippen LogP contribution is 2.33. The lowest BCUT2D eigenvalue weighted by atomic mass is 10.1. The molecule has 2 aromatic rings. The van der Waals surface area contributed by atoms with Gasteiger partial charge in [0.2, 0.25) is 11.8 Å². The van der Waals surface area contributed by atoms with E-state index in [1.807, 2.05) is 6.92 Å². The zero-order chi connectivity index (χ0) is 17.9. The van der Waals surface area contributed by atoms with Crippen LogP contribution in [0.2, 0.25) is 0 Å². The first-order valence-corrected chi connectivity index (χ1v) is 8.53. The van der Waals surface area contributed by atoms with Crippen LogP contribution in [0.5, 0.6) is 5.88 Å². The van der Waals surface area contributed by atoms with E-state index in [1.165, 1.54) is 18.4 Å². The molecule has 2 heterocycles. The summed E-state index contributed by atoms with van der Waals surface area (Å²) in [6.45, 7) is 3.63. The van der Waals surface area contributed by atoms with Crippen LogP contribution >= 0.6 is 23.1 Å². The Bertz CT molecular complexity index is 843. The van der Waals surface area contributed by atoms with Gasteiger partial charge in [-0.25, -0.2) is 4.79 Å². The molecule has 3 N–H and O–H groups in total. The minimum Gasteiger partial charge on any atom is -0.493 e. The van der Waals surface area contributed by atoms with Gasteiger partial charge in [0.25, 0.3) is 5.56 Å². The number of amides is 1. The summed E-state index contributed by atoms with van der Waals surface area (Å²) in [5.41, 5.74) is 0.582. The van der Waals surface area contributed by atoms with Crippen LogP contribution in [0.25, 0.3) is 0 Å². The molecule has 0 spiro atoms. The van der Waals surface area contributed by atoms with Crippen molar-refractivity contribution in [3.05, 3.63) is 32.4 Å². The molecule has 10 heteroatoms. The lowest BCUT2D eigenvalue weighted by Crippen LogP contribution is -2.16. The van der Waals surface area contributed by atoms with Gasteiger partial charge in [-0.15, -0.1) is 11.3 Å². The Morgan fingerprint density at radius 1 is 1.46 bits per heavy atom. The number of aromatic amines is 1. The number of H-pyrrole nitrogens is 1. The van der Waals surface area contributed by atoms with Gasteiger partial charge in [-0.1, -0.05) is 11.8 Å². The van der Waals surface area contributed by atoms with E-state index in [9.17, 15) is 19.5 Å². The molecule has 0 unspecified atom stereocenters. The van der Waals surface area contributed by atoms with Gasteiger partial charge in [0.15, 0.2) is 5.16 Å². The summed E-state index contributed by atoms with van der Waals surface area (Å²) in [5.74, 6) is -1.36. The first-order chi connectivity index (χ1) is 11.3. The Kier molecular flexibility index (Phi) is 5.62. The number of methoxy groups -OCH3 is 1. The first kappa shape index (κ1) is 18.0. The molecule has 0 aliphatic rings. The second-order valence-electron chi connectivity index (χ2n) is 4.72. The van der Waals surface area contributed by atoms with Crippen LogP contribution in [-0.4, -0.2) is 39.8 Å². The third-order valence-corrected chi connectivity index (χ3v) is 5.07. The van der Waals surface area contributed by atoms with Crippen molar-refractivity contribution in [1.82, 2.24) is 9.97 Å². The molecule has 0 aliphatic carbocycles. The Morgan fingerprint density at radius 2 is 2.17 bits per heavy atom. The molecule has 2 rings (SSSR count). The highest BCUT2D eigenvalue weighted by molar-refractivity contribution is 7.99. The number of thioether (sulfide) groups is 1. The van der Waals surface area contributed by atoms with Gasteiger partial charge in [-0.05, 0) is 19.4 Å². The molecule has 0 saturated carbocycles. The van der Waals surface area contributed by atoms with Crippen LogP contribution in [0.1, 0.15) is 20.8 Å². The topological polar surface area (TPSA) is 121 Å². The maximum Gasteiger partial charge on any atom is 0.341 e. The second kappa shape index (κ2) is 7.49. The predicted molar refractivity (Wildman–Crippen MR) is 91.0 cm³/mol. The third-order valence-electron chi connectivity index (χ3n) is 3.07. The van der Waals surface area contributed by atoms with E-state index in [0.29, 0.717) is 10.6 Å². The van der Waals surface area contributed by atoms with Gasteiger partial charge < -0.3 is 20.1 Å². The van der Waals surface area contributed by atoms with Crippen molar-refractivity contribution in [2.45, 2.75) is 19.0 Å². The van der Waals surface area contributed by atoms with Crippen LogP contribution in [-0.2, 0) is 9.53 Å². The van der Waals surface area contributed by atoms with Crippen LogP contribution in [0, 0.1) is 13.8 Å². The number of thiophene rings is 1. The van der Waals surface area contributed by atoms with E-state index in [1.54, 1.807) is 6.92 Å². The molecule has 0 saturated heterocycles. The second-order valence-corrected chi connectivity index (χ2v) is 6.91. The number of rotatable bonds is 5. The molecule has 0 fully saturated rings. The molecule has 0 aromatic carbocycles. The number of hydrogen-bond donors (Lipinski definition) is 3. The van der Waals surface area contributed by atoms with Crippen molar-refractivity contribution in [2.24, 2.45) is 0 Å². The average Bonchev–Trinajstić information content (AvgIpc) is 2.78.